The summed E-state index contributed by atoms with van der Waals surface area (Å²) in [7, 11) is 0. The minimum atomic E-state index is -0.414. The van der Waals surface area contributed by atoms with Gasteiger partial charge >= 0.3 is 0 Å². The minimum absolute atomic E-state index is 0.0736. The average Bonchev–Trinajstić information content (AvgIpc) is 2.76. The summed E-state index contributed by atoms with van der Waals surface area (Å²) in [6.45, 7) is 2.30. The van der Waals surface area contributed by atoms with Crippen LogP contribution in [0.1, 0.15) is 28.3 Å². The first kappa shape index (κ1) is 13.3. The summed E-state index contributed by atoms with van der Waals surface area (Å²) in [6.07, 6.45) is 0.263. The van der Waals surface area contributed by atoms with Gasteiger partial charge in [0.05, 0.1) is 12.1 Å². The van der Waals surface area contributed by atoms with Crippen LogP contribution in [0.3, 0.4) is 0 Å². The van der Waals surface area contributed by atoms with Gasteiger partial charge in [-0.05, 0) is 35.2 Å². The summed E-state index contributed by atoms with van der Waals surface area (Å²) in [5.41, 5.74) is 3.88. The van der Waals surface area contributed by atoms with Gasteiger partial charge < -0.3 is 10.4 Å². The maximum Gasteiger partial charge on any atom is 0.126 e. The Bertz CT molecular complexity index is 626. The summed E-state index contributed by atoms with van der Waals surface area (Å²) in [5, 5.41) is 13.5. The van der Waals surface area contributed by atoms with E-state index in [2.05, 4.69) is 5.32 Å². The number of aryl methyl sites for hydroxylation is 1. The summed E-state index contributed by atoms with van der Waals surface area (Å²) in [5.74, 6) is -0.184. The second-order valence-corrected chi connectivity index (χ2v) is 5.41. The molecule has 2 atom stereocenters. The summed E-state index contributed by atoms with van der Waals surface area (Å²) >= 11 is 0. The van der Waals surface area contributed by atoms with Gasteiger partial charge in [0, 0.05) is 13.0 Å². The lowest BCUT2D eigenvalue weighted by atomic mass is 10.1. The van der Waals surface area contributed by atoms with Gasteiger partial charge in [-0.1, -0.05) is 36.4 Å². The van der Waals surface area contributed by atoms with Gasteiger partial charge in [-0.15, -0.1) is 0 Å². The molecule has 0 aliphatic heterocycles. The van der Waals surface area contributed by atoms with Gasteiger partial charge in [-0.3, -0.25) is 0 Å². The van der Waals surface area contributed by atoms with E-state index in [1.807, 2.05) is 30.3 Å². The van der Waals surface area contributed by atoms with Gasteiger partial charge in [0.15, 0.2) is 0 Å². The van der Waals surface area contributed by atoms with Crippen molar-refractivity contribution in [3.05, 3.63) is 70.5 Å². The largest absolute Gasteiger partial charge is 0.391 e. The molecule has 2 N–H and O–H groups in total. The molecule has 20 heavy (non-hydrogen) atoms. The van der Waals surface area contributed by atoms with E-state index < -0.39 is 6.10 Å². The number of nitrogens with one attached hydrogen (secondary N) is 1. The zero-order valence-corrected chi connectivity index (χ0v) is 11.4. The molecule has 0 saturated heterocycles. The molecule has 2 aromatic carbocycles. The van der Waals surface area contributed by atoms with Crippen molar-refractivity contribution < 1.29 is 9.50 Å². The smallest absolute Gasteiger partial charge is 0.126 e. The van der Waals surface area contributed by atoms with E-state index in [1.165, 1.54) is 5.56 Å². The van der Waals surface area contributed by atoms with Crippen LogP contribution in [0.15, 0.2) is 42.5 Å². The number of aliphatic hydroxyl groups excluding tert-OH is 1. The molecular weight excluding hydrogens is 253 g/mol. The van der Waals surface area contributed by atoms with Crippen LogP contribution in [0.2, 0.25) is 0 Å². The highest BCUT2D eigenvalue weighted by molar-refractivity contribution is 5.36. The molecule has 0 radical (unpaired) electrons. The first-order chi connectivity index (χ1) is 9.65. The third-order valence-corrected chi connectivity index (χ3v) is 3.97. The Morgan fingerprint density at radius 3 is 2.85 bits per heavy atom. The van der Waals surface area contributed by atoms with Crippen LogP contribution in [0.5, 0.6) is 0 Å². The minimum Gasteiger partial charge on any atom is -0.391 e. The maximum absolute atomic E-state index is 13.5. The maximum atomic E-state index is 13.5. The molecule has 0 amide bonds. The number of benzene rings is 2. The van der Waals surface area contributed by atoms with Crippen molar-refractivity contribution in [2.24, 2.45) is 0 Å². The Morgan fingerprint density at radius 2 is 2.05 bits per heavy atom. The van der Waals surface area contributed by atoms with Gasteiger partial charge in [-0.2, -0.15) is 0 Å². The summed E-state index contributed by atoms with van der Waals surface area (Å²) in [4.78, 5) is 0. The molecule has 3 heteroatoms. The average molecular weight is 271 g/mol. The number of rotatable bonds is 3. The number of halogens is 1. The molecule has 3 rings (SSSR count). The fourth-order valence-corrected chi connectivity index (χ4v) is 2.79. The molecular formula is C17H18FNO. The first-order valence-electron chi connectivity index (χ1n) is 6.89. The van der Waals surface area contributed by atoms with Crippen LogP contribution in [0.25, 0.3) is 0 Å². The molecule has 0 saturated carbocycles. The standard InChI is InChI=1S/C17H18FNO/c1-11-6-7-12(8-15(11)18)10-19-17-14-5-3-2-4-13(14)9-16(17)20/h2-8,16-17,19-20H,9-10H2,1H3. The quantitative estimate of drug-likeness (QED) is 0.899. The zero-order chi connectivity index (χ0) is 14.1. The molecule has 2 aromatic rings. The Hall–Kier alpha value is -1.71. The number of aliphatic hydroxyl groups is 1. The van der Waals surface area contributed by atoms with Crippen LogP contribution >= 0.6 is 0 Å². The predicted molar refractivity (Wildman–Crippen MR) is 76.9 cm³/mol. The van der Waals surface area contributed by atoms with E-state index in [4.69, 9.17) is 0 Å². The predicted octanol–water partition coefficient (Wildman–Crippen LogP) is 2.88. The zero-order valence-electron chi connectivity index (χ0n) is 11.4. The monoisotopic (exact) mass is 271 g/mol. The SMILES string of the molecule is Cc1ccc(CNC2c3ccccc3CC2O)cc1F. The summed E-state index contributed by atoms with van der Waals surface area (Å²) in [6, 6.07) is 13.2. The Morgan fingerprint density at radius 1 is 1.25 bits per heavy atom. The van der Waals surface area contributed by atoms with Crippen molar-refractivity contribution in [1.82, 2.24) is 5.32 Å². The number of hydrogen-bond donors (Lipinski definition) is 2. The second kappa shape index (κ2) is 5.35. The van der Waals surface area contributed by atoms with Gasteiger partial charge in [0.2, 0.25) is 0 Å². The van der Waals surface area contributed by atoms with Crippen LogP contribution < -0.4 is 5.32 Å². The van der Waals surface area contributed by atoms with Gasteiger partial charge in [-0.25, -0.2) is 4.39 Å². The van der Waals surface area contributed by atoms with Crippen LogP contribution in [0.4, 0.5) is 4.39 Å². The highest BCUT2D eigenvalue weighted by Gasteiger charge is 2.29. The number of hydrogen-bond acceptors (Lipinski definition) is 2. The fourth-order valence-electron chi connectivity index (χ4n) is 2.79. The Labute approximate surface area is 118 Å². The van der Waals surface area contributed by atoms with E-state index in [1.54, 1.807) is 19.1 Å². The lowest BCUT2D eigenvalue weighted by Gasteiger charge is -2.18. The highest BCUT2D eigenvalue weighted by Crippen LogP contribution is 2.31. The molecule has 0 fully saturated rings. The third kappa shape index (κ3) is 2.47. The van der Waals surface area contributed by atoms with E-state index in [0.29, 0.717) is 18.5 Å². The van der Waals surface area contributed by atoms with E-state index >= 15 is 0 Å². The molecule has 0 aromatic heterocycles. The van der Waals surface area contributed by atoms with Crippen LogP contribution in [0, 0.1) is 12.7 Å². The summed E-state index contributed by atoms with van der Waals surface area (Å²) < 4.78 is 13.5. The van der Waals surface area contributed by atoms with Crippen molar-refractivity contribution >= 4 is 0 Å². The number of fused-ring (bicyclic) bond motifs is 1. The van der Waals surface area contributed by atoms with Crippen molar-refractivity contribution in [3.63, 3.8) is 0 Å². The lowest BCUT2D eigenvalue weighted by Crippen LogP contribution is -2.28. The van der Waals surface area contributed by atoms with Gasteiger partial charge in [0.25, 0.3) is 0 Å². The van der Waals surface area contributed by atoms with Crippen molar-refractivity contribution in [1.29, 1.82) is 0 Å². The fraction of sp³-hybridized carbons (Fsp3) is 0.294. The van der Waals surface area contributed by atoms with Crippen molar-refractivity contribution in [2.75, 3.05) is 0 Å². The second-order valence-electron chi connectivity index (χ2n) is 5.41. The van der Waals surface area contributed by atoms with E-state index in [9.17, 15) is 9.50 Å². The highest BCUT2D eigenvalue weighted by atomic mass is 19.1. The molecule has 0 spiro atoms. The van der Waals surface area contributed by atoms with Gasteiger partial charge in [0.1, 0.15) is 5.82 Å². The lowest BCUT2D eigenvalue weighted by molar-refractivity contribution is 0.140. The van der Waals surface area contributed by atoms with E-state index in [0.717, 1.165) is 11.1 Å². The third-order valence-electron chi connectivity index (χ3n) is 3.97. The molecule has 1 aliphatic carbocycles. The molecule has 1 aliphatic rings. The normalized spacial score (nSPS) is 20.9. The Kier molecular flexibility index (Phi) is 3.55. The molecule has 2 nitrogen and oxygen atoms in total. The molecule has 104 valence electrons. The molecule has 0 heterocycles. The molecule has 0 bridgehead atoms. The van der Waals surface area contributed by atoms with Crippen molar-refractivity contribution in [2.45, 2.75) is 32.0 Å². The van der Waals surface area contributed by atoms with Crippen LogP contribution in [-0.4, -0.2) is 11.2 Å². The first-order valence-corrected chi connectivity index (χ1v) is 6.89. The molecule has 2 unspecified atom stereocenters. The van der Waals surface area contributed by atoms with E-state index in [-0.39, 0.29) is 11.9 Å². The van der Waals surface area contributed by atoms with Crippen LogP contribution in [-0.2, 0) is 13.0 Å². The topological polar surface area (TPSA) is 32.3 Å². The Balaban J connectivity index is 1.74. The van der Waals surface area contributed by atoms with Crippen molar-refractivity contribution in [3.8, 4) is 0 Å².